The maximum absolute atomic E-state index is 2.38. The van der Waals surface area contributed by atoms with Gasteiger partial charge >= 0.3 is 0 Å². The molecule has 10 aromatic rings. The monoisotopic (exact) mass is 688 g/mol. The minimum absolute atomic E-state index is 1.12. The summed E-state index contributed by atoms with van der Waals surface area (Å²) in [6.07, 6.45) is 0. The third-order valence-electron chi connectivity index (χ3n) is 10.5. The molecule has 0 spiro atoms. The van der Waals surface area contributed by atoms with Crippen molar-refractivity contribution in [2.24, 2.45) is 0 Å². The van der Waals surface area contributed by atoms with Gasteiger partial charge in [-0.2, -0.15) is 0 Å². The Morgan fingerprint density at radius 3 is 0.852 bits per heavy atom. The van der Waals surface area contributed by atoms with Crippen molar-refractivity contribution in [3.05, 3.63) is 218 Å². The van der Waals surface area contributed by atoms with Crippen LogP contribution in [0, 0.1) is 0 Å². The Hall–Kier alpha value is -7.16. The molecule has 0 unspecified atom stereocenters. The Labute approximate surface area is 315 Å². The molecule has 254 valence electrons. The number of anilines is 6. The van der Waals surface area contributed by atoms with Gasteiger partial charge in [-0.05, 0) is 127 Å². The summed E-state index contributed by atoms with van der Waals surface area (Å²) in [5.41, 5.74) is 11.6. The fraction of sp³-hybridized carbons (Fsp3) is 0. The molecule has 0 aliphatic heterocycles. The minimum atomic E-state index is 1.12. The van der Waals surface area contributed by atoms with E-state index in [1.807, 2.05) is 0 Å². The quantitative estimate of drug-likeness (QED) is 0.147. The Kier molecular flexibility index (Phi) is 7.85. The zero-order valence-corrected chi connectivity index (χ0v) is 29.7. The molecule has 0 N–H and O–H groups in total. The molecule has 0 aliphatic rings. The summed E-state index contributed by atoms with van der Waals surface area (Å²) >= 11 is 0. The number of benzene rings is 10. The Balaban J connectivity index is 1.11. The van der Waals surface area contributed by atoms with Gasteiger partial charge in [0.1, 0.15) is 0 Å². The fourth-order valence-electron chi connectivity index (χ4n) is 8.02. The lowest BCUT2D eigenvalue weighted by molar-refractivity contribution is 1.29. The van der Waals surface area contributed by atoms with Crippen LogP contribution in [0.2, 0.25) is 0 Å². The van der Waals surface area contributed by atoms with Crippen molar-refractivity contribution in [2.45, 2.75) is 0 Å². The molecular formula is C52H36N2. The fourth-order valence-corrected chi connectivity index (χ4v) is 8.02. The molecule has 0 amide bonds. The first kappa shape index (κ1) is 31.6. The van der Waals surface area contributed by atoms with Crippen molar-refractivity contribution in [1.82, 2.24) is 0 Å². The van der Waals surface area contributed by atoms with Gasteiger partial charge in [0.25, 0.3) is 0 Å². The van der Waals surface area contributed by atoms with Gasteiger partial charge in [-0.1, -0.05) is 146 Å². The van der Waals surface area contributed by atoms with E-state index in [0.29, 0.717) is 0 Å². The Morgan fingerprint density at radius 2 is 0.500 bits per heavy atom. The van der Waals surface area contributed by atoms with Crippen molar-refractivity contribution in [2.75, 3.05) is 9.80 Å². The maximum Gasteiger partial charge on any atom is 0.0473 e. The van der Waals surface area contributed by atoms with Crippen LogP contribution in [0.4, 0.5) is 34.1 Å². The van der Waals surface area contributed by atoms with Crippen LogP contribution in [0.1, 0.15) is 0 Å². The number of para-hydroxylation sites is 2. The SMILES string of the molecule is c1ccc(-c2cccc(N(c3ccccc3)c3cc4ccc5cc(N(c6ccccc6)c6cccc(-c7ccccc7)c6)cc6ccc(c3)c4c56)c2)cc1. The lowest BCUT2D eigenvalue weighted by Crippen LogP contribution is -2.10. The highest BCUT2D eigenvalue weighted by Crippen LogP contribution is 2.45. The molecule has 54 heavy (non-hydrogen) atoms. The van der Waals surface area contributed by atoms with Crippen molar-refractivity contribution in [3.8, 4) is 22.3 Å². The highest BCUT2D eigenvalue weighted by atomic mass is 15.1. The topological polar surface area (TPSA) is 6.48 Å². The first-order chi connectivity index (χ1) is 26.8. The van der Waals surface area contributed by atoms with Crippen LogP contribution in [-0.2, 0) is 0 Å². The molecule has 0 saturated carbocycles. The molecule has 0 aromatic heterocycles. The highest BCUT2D eigenvalue weighted by molar-refractivity contribution is 6.24. The molecule has 10 aromatic carbocycles. The van der Waals surface area contributed by atoms with Crippen molar-refractivity contribution >= 4 is 66.4 Å². The average molecular weight is 689 g/mol. The molecule has 0 radical (unpaired) electrons. The van der Waals surface area contributed by atoms with Gasteiger partial charge in [-0.25, -0.2) is 0 Å². The van der Waals surface area contributed by atoms with E-state index in [4.69, 9.17) is 0 Å². The highest BCUT2D eigenvalue weighted by Gasteiger charge is 2.19. The van der Waals surface area contributed by atoms with E-state index in [2.05, 4.69) is 228 Å². The average Bonchev–Trinajstić information content (AvgIpc) is 3.24. The van der Waals surface area contributed by atoms with E-state index in [0.717, 1.165) is 34.1 Å². The van der Waals surface area contributed by atoms with Crippen LogP contribution < -0.4 is 9.80 Å². The van der Waals surface area contributed by atoms with Gasteiger partial charge in [0, 0.05) is 34.1 Å². The van der Waals surface area contributed by atoms with E-state index in [-0.39, 0.29) is 0 Å². The molecule has 2 nitrogen and oxygen atoms in total. The second-order valence-corrected chi connectivity index (χ2v) is 13.8. The van der Waals surface area contributed by atoms with E-state index < -0.39 is 0 Å². The molecule has 0 bridgehead atoms. The summed E-state index contributed by atoms with van der Waals surface area (Å²) in [6, 6.07) is 78.9. The summed E-state index contributed by atoms with van der Waals surface area (Å²) in [5, 5.41) is 7.49. The standard InChI is InChI=1S/C52H36N2/c1-5-15-37(16-6-1)39-19-13-25-47(31-39)53(45-21-9-3-10-22-45)49-33-41-27-29-43-35-50(36-44-30-28-42(34-49)51(41)52(43)44)54(46-23-11-4-12-24-46)48-26-14-20-40(32-48)38-17-7-2-8-18-38/h1-36H. The summed E-state index contributed by atoms with van der Waals surface area (Å²) in [7, 11) is 0. The summed E-state index contributed by atoms with van der Waals surface area (Å²) < 4.78 is 0. The van der Waals surface area contributed by atoms with Crippen LogP contribution in [-0.4, -0.2) is 0 Å². The van der Waals surface area contributed by atoms with Crippen LogP contribution in [0.5, 0.6) is 0 Å². The van der Waals surface area contributed by atoms with Gasteiger partial charge in [0.05, 0.1) is 0 Å². The largest absolute Gasteiger partial charge is 0.310 e. The molecular weight excluding hydrogens is 653 g/mol. The summed E-state index contributed by atoms with van der Waals surface area (Å²) in [5.74, 6) is 0. The van der Waals surface area contributed by atoms with Gasteiger partial charge < -0.3 is 9.80 Å². The first-order valence-electron chi connectivity index (χ1n) is 18.5. The molecule has 0 fully saturated rings. The van der Waals surface area contributed by atoms with E-state index in [9.17, 15) is 0 Å². The normalized spacial score (nSPS) is 11.3. The molecule has 2 heteroatoms. The third-order valence-corrected chi connectivity index (χ3v) is 10.5. The van der Waals surface area contributed by atoms with Crippen molar-refractivity contribution < 1.29 is 0 Å². The molecule has 0 heterocycles. The van der Waals surface area contributed by atoms with E-state index in [1.54, 1.807) is 0 Å². The molecule has 10 rings (SSSR count). The van der Waals surface area contributed by atoms with Gasteiger partial charge in [0.2, 0.25) is 0 Å². The van der Waals surface area contributed by atoms with Gasteiger partial charge in [-0.15, -0.1) is 0 Å². The predicted octanol–water partition coefficient (Wildman–Crippen LogP) is 14.9. The minimum Gasteiger partial charge on any atom is -0.310 e. The van der Waals surface area contributed by atoms with Crippen LogP contribution in [0.25, 0.3) is 54.6 Å². The number of nitrogens with zero attached hydrogens (tertiary/aromatic N) is 2. The number of hydrogen-bond acceptors (Lipinski definition) is 2. The van der Waals surface area contributed by atoms with Gasteiger partial charge in [0.15, 0.2) is 0 Å². The zero-order valence-electron chi connectivity index (χ0n) is 29.7. The maximum atomic E-state index is 2.38. The third kappa shape index (κ3) is 5.71. The van der Waals surface area contributed by atoms with E-state index >= 15 is 0 Å². The van der Waals surface area contributed by atoms with Gasteiger partial charge in [-0.3, -0.25) is 0 Å². The Bertz CT molecular complexity index is 2600. The smallest absolute Gasteiger partial charge is 0.0473 e. The van der Waals surface area contributed by atoms with Crippen LogP contribution in [0.3, 0.4) is 0 Å². The molecule has 0 atom stereocenters. The van der Waals surface area contributed by atoms with E-state index in [1.165, 1.54) is 54.6 Å². The van der Waals surface area contributed by atoms with Crippen LogP contribution in [0.15, 0.2) is 218 Å². The summed E-state index contributed by atoms with van der Waals surface area (Å²) in [6.45, 7) is 0. The zero-order chi connectivity index (χ0) is 35.8. The molecule has 0 aliphatic carbocycles. The van der Waals surface area contributed by atoms with Crippen molar-refractivity contribution in [3.63, 3.8) is 0 Å². The molecule has 0 saturated heterocycles. The first-order valence-corrected chi connectivity index (χ1v) is 18.5. The lowest BCUT2D eigenvalue weighted by Gasteiger charge is -2.28. The van der Waals surface area contributed by atoms with Crippen LogP contribution >= 0.6 is 0 Å². The lowest BCUT2D eigenvalue weighted by atomic mass is 9.92. The second kappa shape index (κ2) is 13.4. The number of rotatable bonds is 8. The Morgan fingerprint density at radius 1 is 0.204 bits per heavy atom. The predicted molar refractivity (Wildman–Crippen MR) is 230 cm³/mol. The second-order valence-electron chi connectivity index (χ2n) is 13.8. The summed E-state index contributed by atoms with van der Waals surface area (Å²) in [4.78, 5) is 4.75. The number of hydrogen-bond donors (Lipinski definition) is 0. The van der Waals surface area contributed by atoms with Crippen molar-refractivity contribution in [1.29, 1.82) is 0 Å².